The minimum absolute atomic E-state index is 0.257. The highest BCUT2D eigenvalue weighted by molar-refractivity contribution is 7.90. The molecule has 0 bridgehead atoms. The van der Waals surface area contributed by atoms with Gasteiger partial charge in [0.2, 0.25) is 11.8 Å². The number of barbiturate groups is 1. The van der Waals surface area contributed by atoms with Gasteiger partial charge in [0.05, 0.1) is 11.5 Å². The largest absolute Gasteiger partial charge is 0.332 e. The Morgan fingerprint density at radius 1 is 0.900 bits per heavy atom. The van der Waals surface area contributed by atoms with Crippen molar-refractivity contribution in [2.75, 3.05) is 19.8 Å². The highest BCUT2D eigenvalue weighted by atomic mass is 35.5. The summed E-state index contributed by atoms with van der Waals surface area (Å²) >= 11 is 5.86. The molecule has 30 heavy (non-hydrogen) atoms. The molecule has 1 atom stereocenters. The monoisotopic (exact) mass is 448 g/mol. The number of rotatable bonds is 6. The molecule has 0 radical (unpaired) electrons. The van der Waals surface area contributed by atoms with Crippen LogP contribution in [-0.2, 0) is 25.2 Å². The van der Waals surface area contributed by atoms with Crippen molar-refractivity contribution < 1.29 is 22.8 Å². The van der Waals surface area contributed by atoms with E-state index in [4.69, 9.17) is 11.6 Å². The van der Waals surface area contributed by atoms with E-state index in [1.165, 1.54) is 14.1 Å². The number of benzene rings is 2. The van der Waals surface area contributed by atoms with Crippen LogP contribution in [0.1, 0.15) is 17.0 Å². The summed E-state index contributed by atoms with van der Waals surface area (Å²) in [7, 11) is -1.14. The van der Waals surface area contributed by atoms with Gasteiger partial charge in [-0.25, -0.2) is 13.2 Å². The lowest BCUT2D eigenvalue weighted by Crippen LogP contribution is -2.58. The first-order valence-corrected chi connectivity index (χ1v) is 11.4. The number of nitrogens with zero attached hydrogens (tertiary/aromatic N) is 2. The maximum atomic E-state index is 13.0. The quantitative estimate of drug-likeness (QED) is 0.633. The molecule has 1 unspecified atom stereocenters. The third-order valence-electron chi connectivity index (χ3n) is 5.13. The minimum atomic E-state index is -3.71. The van der Waals surface area contributed by atoms with E-state index in [0.717, 1.165) is 9.80 Å². The van der Waals surface area contributed by atoms with Crippen LogP contribution in [0.4, 0.5) is 4.79 Å². The second-order valence-electron chi connectivity index (χ2n) is 7.25. The third kappa shape index (κ3) is 4.55. The van der Waals surface area contributed by atoms with Gasteiger partial charge in [0, 0.05) is 25.0 Å². The van der Waals surface area contributed by atoms with Gasteiger partial charge in [-0.2, -0.15) is 0 Å². The average molecular weight is 449 g/mol. The van der Waals surface area contributed by atoms with Crippen molar-refractivity contribution in [1.82, 2.24) is 9.80 Å². The molecule has 4 amide bonds. The fourth-order valence-corrected chi connectivity index (χ4v) is 5.41. The van der Waals surface area contributed by atoms with Crippen LogP contribution in [0.15, 0.2) is 54.6 Å². The Balaban J connectivity index is 1.97. The zero-order valence-corrected chi connectivity index (χ0v) is 18.1. The molecule has 2 aromatic carbocycles. The molecule has 1 saturated heterocycles. The second kappa shape index (κ2) is 8.57. The first-order chi connectivity index (χ1) is 14.1. The normalized spacial score (nSPS) is 16.8. The summed E-state index contributed by atoms with van der Waals surface area (Å²) in [5, 5.41) is 0.493. The van der Waals surface area contributed by atoms with Crippen molar-refractivity contribution >= 4 is 39.3 Å². The minimum Gasteiger partial charge on any atom is -0.273 e. The molecule has 0 N–H and O–H groups in total. The zero-order valence-electron chi connectivity index (χ0n) is 16.5. The van der Waals surface area contributed by atoms with Crippen molar-refractivity contribution in [3.05, 3.63) is 70.7 Å². The molecule has 0 aromatic heterocycles. The summed E-state index contributed by atoms with van der Waals surface area (Å²) in [5.74, 6) is -4.33. The molecule has 1 heterocycles. The maximum Gasteiger partial charge on any atom is 0.332 e. The molecule has 2 aromatic rings. The van der Waals surface area contributed by atoms with Gasteiger partial charge in [-0.3, -0.25) is 19.4 Å². The van der Waals surface area contributed by atoms with E-state index in [1.54, 1.807) is 54.6 Å². The fourth-order valence-electron chi connectivity index (χ4n) is 3.53. The number of imide groups is 2. The zero-order chi connectivity index (χ0) is 22.1. The van der Waals surface area contributed by atoms with E-state index in [2.05, 4.69) is 0 Å². The Morgan fingerprint density at radius 3 is 1.97 bits per heavy atom. The molecule has 9 heteroatoms. The number of hydrogen-bond acceptors (Lipinski definition) is 5. The highest BCUT2D eigenvalue weighted by Gasteiger charge is 2.47. The van der Waals surface area contributed by atoms with Gasteiger partial charge < -0.3 is 0 Å². The van der Waals surface area contributed by atoms with E-state index in [0.29, 0.717) is 16.1 Å². The standard InChI is InChI=1S/C21H21ClN2O5S/c1-23-19(25)18(20(26)24(2)21(23)27)17(15-6-4-3-5-7-15)13-30(28,29)12-14-8-10-16(22)11-9-14/h3-11,17-18H,12-13H2,1-2H3. The van der Waals surface area contributed by atoms with Crippen molar-refractivity contribution in [2.24, 2.45) is 5.92 Å². The van der Waals surface area contributed by atoms with Gasteiger partial charge in [0.25, 0.3) is 0 Å². The van der Waals surface area contributed by atoms with Crippen LogP contribution in [0, 0.1) is 5.92 Å². The van der Waals surface area contributed by atoms with Gasteiger partial charge in [0.15, 0.2) is 9.84 Å². The van der Waals surface area contributed by atoms with Gasteiger partial charge >= 0.3 is 6.03 Å². The maximum absolute atomic E-state index is 13.0. The molecule has 1 fully saturated rings. The predicted molar refractivity (Wildman–Crippen MR) is 113 cm³/mol. The molecule has 0 spiro atoms. The van der Waals surface area contributed by atoms with Gasteiger partial charge in [-0.05, 0) is 23.3 Å². The SMILES string of the molecule is CN1C(=O)C(C(CS(=O)(=O)Cc2ccc(Cl)cc2)c2ccccc2)C(=O)N(C)C1=O. The second-order valence-corrected chi connectivity index (χ2v) is 9.80. The van der Waals surface area contributed by atoms with Crippen LogP contribution in [0.2, 0.25) is 5.02 Å². The summed E-state index contributed by atoms with van der Waals surface area (Å²) in [5.41, 5.74) is 1.09. The molecule has 0 saturated carbocycles. The van der Waals surface area contributed by atoms with Crippen LogP contribution >= 0.6 is 11.6 Å². The van der Waals surface area contributed by atoms with Crippen molar-refractivity contribution in [2.45, 2.75) is 11.7 Å². The third-order valence-corrected chi connectivity index (χ3v) is 7.02. The van der Waals surface area contributed by atoms with Gasteiger partial charge in [-0.1, -0.05) is 54.1 Å². The van der Waals surface area contributed by atoms with Crippen molar-refractivity contribution in [3.8, 4) is 0 Å². The first kappa shape index (κ1) is 22.0. The summed E-state index contributed by atoms with van der Waals surface area (Å²) < 4.78 is 26.0. The topological polar surface area (TPSA) is 91.8 Å². The summed E-state index contributed by atoms with van der Waals surface area (Å²) in [6.07, 6.45) is 0. The van der Waals surface area contributed by atoms with Crippen molar-refractivity contribution in [1.29, 1.82) is 0 Å². The van der Waals surface area contributed by atoms with Gasteiger partial charge in [-0.15, -0.1) is 0 Å². The average Bonchev–Trinajstić information content (AvgIpc) is 2.72. The summed E-state index contributed by atoms with van der Waals surface area (Å²) in [6.45, 7) is 0. The highest BCUT2D eigenvalue weighted by Crippen LogP contribution is 2.33. The van der Waals surface area contributed by atoms with Crippen LogP contribution in [0.25, 0.3) is 0 Å². The number of carbonyl (C=O) groups excluding carboxylic acids is 3. The number of sulfone groups is 1. The smallest absolute Gasteiger partial charge is 0.273 e. The number of carbonyl (C=O) groups is 3. The molecule has 1 aliphatic rings. The number of amides is 4. The lowest BCUT2D eigenvalue weighted by atomic mass is 9.84. The molecule has 7 nitrogen and oxygen atoms in total. The van der Waals surface area contributed by atoms with E-state index in [9.17, 15) is 22.8 Å². The van der Waals surface area contributed by atoms with Crippen LogP contribution in [-0.4, -0.2) is 55.9 Å². The lowest BCUT2D eigenvalue weighted by molar-refractivity contribution is -0.148. The van der Waals surface area contributed by atoms with Crippen molar-refractivity contribution in [3.63, 3.8) is 0 Å². The predicted octanol–water partition coefficient (Wildman–Crippen LogP) is 2.71. The van der Waals surface area contributed by atoms with E-state index in [1.807, 2.05) is 0 Å². The van der Waals surface area contributed by atoms with E-state index >= 15 is 0 Å². The summed E-state index contributed by atoms with van der Waals surface area (Å²) in [4.78, 5) is 39.5. The Kier molecular flexibility index (Phi) is 6.28. The van der Waals surface area contributed by atoms with Crippen LogP contribution in [0.3, 0.4) is 0 Å². The number of hydrogen-bond donors (Lipinski definition) is 0. The van der Waals surface area contributed by atoms with Gasteiger partial charge in [0.1, 0.15) is 5.92 Å². The summed E-state index contributed by atoms with van der Waals surface area (Å²) in [6, 6.07) is 14.2. The molecular weight excluding hydrogens is 428 g/mol. The Hall–Kier alpha value is -2.71. The lowest BCUT2D eigenvalue weighted by Gasteiger charge is -2.36. The van der Waals surface area contributed by atoms with Crippen LogP contribution < -0.4 is 0 Å². The first-order valence-electron chi connectivity index (χ1n) is 9.19. The molecular formula is C21H21ClN2O5S. The van der Waals surface area contributed by atoms with E-state index < -0.39 is 45.3 Å². The molecule has 1 aliphatic heterocycles. The fraction of sp³-hybridized carbons (Fsp3) is 0.286. The number of halogens is 1. The van der Waals surface area contributed by atoms with E-state index in [-0.39, 0.29) is 5.75 Å². The Bertz CT molecular complexity index is 1050. The molecule has 3 rings (SSSR count). The molecule has 0 aliphatic carbocycles. The Labute approximate surface area is 180 Å². The Morgan fingerprint density at radius 2 is 1.43 bits per heavy atom. The van der Waals surface area contributed by atoms with Crippen LogP contribution in [0.5, 0.6) is 0 Å². The molecule has 158 valence electrons. The number of urea groups is 1.